The number of rotatable bonds is 3. The van der Waals surface area contributed by atoms with E-state index in [2.05, 4.69) is 0 Å². The molecule has 5 heteroatoms. The molecule has 12 heavy (non-hydrogen) atoms. The van der Waals surface area contributed by atoms with E-state index in [4.69, 9.17) is 4.52 Å². The molecule has 0 bridgehead atoms. The molecule has 3 unspecified atom stereocenters. The zero-order valence-electron chi connectivity index (χ0n) is 7.58. The van der Waals surface area contributed by atoms with Crippen LogP contribution in [-0.4, -0.2) is 31.8 Å². The van der Waals surface area contributed by atoms with Crippen LogP contribution in [0.4, 0.5) is 0 Å². The lowest BCUT2D eigenvalue weighted by Gasteiger charge is -2.14. The van der Waals surface area contributed by atoms with Gasteiger partial charge in [-0.15, -0.1) is 0 Å². The van der Waals surface area contributed by atoms with Crippen LogP contribution in [0, 0.1) is 0 Å². The molecular weight excluding hydrogens is 194 g/mol. The van der Waals surface area contributed by atoms with Crippen LogP contribution in [-0.2, 0) is 13.7 Å². The summed E-state index contributed by atoms with van der Waals surface area (Å²) in [5.74, 6) is 0. The van der Waals surface area contributed by atoms with E-state index in [1.54, 1.807) is 0 Å². The van der Waals surface area contributed by atoms with Crippen molar-refractivity contribution in [2.75, 3.05) is 26.1 Å². The van der Waals surface area contributed by atoms with Gasteiger partial charge in [-0.3, -0.25) is 4.57 Å². The number of hydrogen-bond donors (Lipinski definition) is 0. The van der Waals surface area contributed by atoms with Crippen LogP contribution in [0.2, 0.25) is 0 Å². The Morgan fingerprint density at radius 1 is 1.67 bits per heavy atom. The highest BCUT2D eigenvalue weighted by Crippen LogP contribution is 2.56. The lowest BCUT2D eigenvalue weighted by atomic mass is 10.3. The largest absolute Gasteiger partial charge is 0.334 e. The molecular formula is C7H16O3P2. The molecule has 3 nitrogen and oxygen atoms in total. The second-order valence-electron chi connectivity index (χ2n) is 3.47. The fraction of sp³-hybridized carbons (Fsp3) is 1.00. The Hall–Kier alpha value is 0.420. The fourth-order valence-electron chi connectivity index (χ4n) is 1.67. The number of hydrogen-bond acceptors (Lipinski definition) is 3. The molecule has 1 rings (SSSR count). The summed E-state index contributed by atoms with van der Waals surface area (Å²) in [5, 5.41) is 0. The van der Waals surface area contributed by atoms with Crippen LogP contribution >= 0.6 is 15.2 Å². The van der Waals surface area contributed by atoms with E-state index in [1.165, 1.54) is 7.11 Å². The van der Waals surface area contributed by atoms with Gasteiger partial charge in [0.1, 0.15) is 0 Å². The fourth-order valence-corrected chi connectivity index (χ4v) is 6.32. The van der Waals surface area contributed by atoms with E-state index in [1.807, 2.05) is 6.66 Å². The van der Waals surface area contributed by atoms with Crippen molar-refractivity contribution in [1.82, 2.24) is 0 Å². The summed E-state index contributed by atoms with van der Waals surface area (Å²) >= 11 is 0. The molecule has 0 aromatic heterocycles. The molecule has 1 fully saturated rings. The normalized spacial score (nSPS) is 38.3. The van der Waals surface area contributed by atoms with Gasteiger partial charge < -0.3 is 9.09 Å². The second-order valence-corrected chi connectivity index (χ2v) is 8.56. The molecule has 0 saturated carbocycles. The monoisotopic (exact) mass is 210 g/mol. The Morgan fingerprint density at radius 3 is 2.75 bits per heavy atom. The first-order valence-corrected chi connectivity index (χ1v) is 8.12. The van der Waals surface area contributed by atoms with Crippen molar-refractivity contribution in [2.45, 2.75) is 18.5 Å². The van der Waals surface area contributed by atoms with Gasteiger partial charge >= 0.3 is 0 Å². The van der Waals surface area contributed by atoms with Gasteiger partial charge in [0.05, 0.1) is 7.14 Å². The maximum Gasteiger partial charge on any atom is 0.192 e. The molecule has 0 aromatic rings. The minimum absolute atomic E-state index is 0.170. The summed E-state index contributed by atoms with van der Waals surface area (Å²) in [6.45, 7) is 1.83. The van der Waals surface area contributed by atoms with Crippen LogP contribution in [0.25, 0.3) is 0 Å². The highest BCUT2D eigenvalue weighted by Gasteiger charge is 2.34. The molecule has 1 saturated heterocycles. The first-order chi connectivity index (χ1) is 5.56. The molecule has 1 heterocycles. The van der Waals surface area contributed by atoms with Gasteiger partial charge in [-0.2, -0.15) is 0 Å². The Bertz CT molecular complexity index is 227. The molecule has 0 aromatic carbocycles. The lowest BCUT2D eigenvalue weighted by molar-refractivity contribution is 0.413. The molecule has 1 aliphatic heterocycles. The molecule has 0 aliphatic carbocycles. The molecule has 0 radical (unpaired) electrons. The minimum atomic E-state index is -1.97. The first kappa shape index (κ1) is 10.5. The summed E-state index contributed by atoms with van der Waals surface area (Å²) in [5.41, 5.74) is 0.170. The average Bonchev–Trinajstić information content (AvgIpc) is 2.31. The molecule has 3 atom stereocenters. The first-order valence-electron chi connectivity index (χ1n) is 4.19. The second kappa shape index (κ2) is 4.09. The van der Waals surface area contributed by atoms with Crippen molar-refractivity contribution in [3.05, 3.63) is 0 Å². The van der Waals surface area contributed by atoms with Crippen molar-refractivity contribution in [1.29, 1.82) is 0 Å². The molecule has 1 aliphatic rings. The maximum atomic E-state index is 11.8. The summed E-state index contributed by atoms with van der Waals surface area (Å²) < 4.78 is 27.6. The Morgan fingerprint density at radius 2 is 2.33 bits per heavy atom. The zero-order chi connectivity index (χ0) is 9.19. The van der Waals surface area contributed by atoms with Gasteiger partial charge in [0.15, 0.2) is 8.03 Å². The highest BCUT2D eigenvalue weighted by atomic mass is 31.2. The molecule has 0 spiro atoms. The van der Waals surface area contributed by atoms with Crippen LogP contribution in [0.15, 0.2) is 0 Å². The van der Waals surface area contributed by atoms with Gasteiger partial charge in [0, 0.05) is 25.1 Å². The van der Waals surface area contributed by atoms with Gasteiger partial charge in [0.25, 0.3) is 0 Å². The van der Waals surface area contributed by atoms with Crippen molar-refractivity contribution in [3.8, 4) is 0 Å². The predicted octanol–water partition coefficient (Wildman–Crippen LogP) is 2.26. The molecule has 0 N–H and O–H groups in total. The highest BCUT2D eigenvalue weighted by molar-refractivity contribution is 7.64. The Labute approximate surface area is 74.1 Å². The third-order valence-electron chi connectivity index (χ3n) is 2.54. The Balaban J connectivity index is 2.53. The van der Waals surface area contributed by atoms with Crippen molar-refractivity contribution in [3.63, 3.8) is 0 Å². The molecule has 0 amide bonds. The minimum Gasteiger partial charge on any atom is -0.334 e. The predicted molar refractivity (Wildman–Crippen MR) is 52.3 cm³/mol. The van der Waals surface area contributed by atoms with E-state index >= 15 is 0 Å². The maximum absolute atomic E-state index is 11.8. The average molecular weight is 210 g/mol. The van der Waals surface area contributed by atoms with Gasteiger partial charge in [0.2, 0.25) is 0 Å². The summed E-state index contributed by atoms with van der Waals surface area (Å²) in [7, 11) is -2.42. The topological polar surface area (TPSA) is 43.4 Å². The SMILES string of the molecule is CO[PH](=O)CC1CCCP1(C)=O. The third-order valence-corrected chi connectivity index (χ3v) is 7.36. The summed E-state index contributed by atoms with van der Waals surface area (Å²) in [4.78, 5) is 0. The van der Waals surface area contributed by atoms with Crippen molar-refractivity contribution < 1.29 is 13.7 Å². The van der Waals surface area contributed by atoms with Gasteiger partial charge in [-0.1, -0.05) is 0 Å². The van der Waals surface area contributed by atoms with Gasteiger partial charge in [-0.05, 0) is 19.5 Å². The van der Waals surface area contributed by atoms with Crippen LogP contribution in [0.1, 0.15) is 12.8 Å². The van der Waals surface area contributed by atoms with E-state index in [0.717, 1.165) is 19.0 Å². The standard InChI is InChI=1S/C7H16O3P2/c1-10-11(8)6-7-4-3-5-12(7,2)9/h7,11H,3-6H2,1-2H3. The van der Waals surface area contributed by atoms with Crippen LogP contribution < -0.4 is 0 Å². The van der Waals surface area contributed by atoms with Crippen molar-refractivity contribution in [2.24, 2.45) is 0 Å². The molecule has 72 valence electrons. The third kappa shape index (κ3) is 2.45. The quantitative estimate of drug-likeness (QED) is 0.671. The Kier molecular flexibility index (Phi) is 3.58. The van der Waals surface area contributed by atoms with Crippen LogP contribution in [0.3, 0.4) is 0 Å². The van der Waals surface area contributed by atoms with E-state index in [9.17, 15) is 9.13 Å². The summed E-state index contributed by atoms with van der Waals surface area (Å²) in [6.07, 6.45) is 3.34. The van der Waals surface area contributed by atoms with Gasteiger partial charge in [-0.25, -0.2) is 0 Å². The van der Waals surface area contributed by atoms with Crippen molar-refractivity contribution >= 4 is 15.2 Å². The van der Waals surface area contributed by atoms with E-state index in [0.29, 0.717) is 6.16 Å². The lowest BCUT2D eigenvalue weighted by Crippen LogP contribution is -2.05. The van der Waals surface area contributed by atoms with Crippen LogP contribution in [0.5, 0.6) is 0 Å². The summed E-state index contributed by atoms with van der Waals surface area (Å²) in [6, 6.07) is 0. The smallest absolute Gasteiger partial charge is 0.192 e. The zero-order valence-corrected chi connectivity index (χ0v) is 9.47. The van der Waals surface area contributed by atoms with E-state index < -0.39 is 15.2 Å². The van der Waals surface area contributed by atoms with E-state index in [-0.39, 0.29) is 5.66 Å².